The molecule has 0 bridgehead atoms. The Hall–Kier alpha value is -0.430. The Bertz CT molecular complexity index is 338. The Kier molecular flexibility index (Phi) is 5.10. The molecular formula is C9H13IN2O2. The van der Waals surface area contributed by atoms with Crippen LogP contribution in [0.3, 0.4) is 0 Å². The minimum Gasteiger partial charge on any atom is -0.396 e. The van der Waals surface area contributed by atoms with Gasteiger partial charge in [0, 0.05) is 22.8 Å². The first-order valence-corrected chi connectivity index (χ1v) is 5.65. The summed E-state index contributed by atoms with van der Waals surface area (Å²) in [5.74, 6) is 0. The average Bonchev–Trinajstić information content (AvgIpc) is 2.15. The van der Waals surface area contributed by atoms with Gasteiger partial charge in [-0.05, 0) is 41.9 Å². The van der Waals surface area contributed by atoms with Gasteiger partial charge < -0.3 is 5.11 Å². The van der Waals surface area contributed by atoms with Crippen LogP contribution >= 0.6 is 22.6 Å². The zero-order valence-electron chi connectivity index (χ0n) is 7.82. The lowest BCUT2D eigenvalue weighted by Gasteiger charge is -2.02. The Labute approximate surface area is 96.1 Å². The first kappa shape index (κ1) is 11.6. The van der Waals surface area contributed by atoms with E-state index < -0.39 is 0 Å². The SMILES string of the molecule is O=c1cc(I)cnn1CCCCCO. The third-order valence-corrected chi connectivity index (χ3v) is 2.45. The predicted octanol–water partition coefficient (Wildman–Crippen LogP) is 1.01. The zero-order chi connectivity index (χ0) is 10.4. The molecular weight excluding hydrogens is 295 g/mol. The van der Waals surface area contributed by atoms with Crippen LogP contribution in [0.4, 0.5) is 0 Å². The van der Waals surface area contributed by atoms with Gasteiger partial charge in [0.2, 0.25) is 0 Å². The number of nitrogens with zero attached hydrogens (tertiary/aromatic N) is 2. The first-order valence-electron chi connectivity index (χ1n) is 4.57. The monoisotopic (exact) mass is 308 g/mol. The zero-order valence-corrected chi connectivity index (χ0v) is 9.98. The molecule has 1 aromatic heterocycles. The van der Waals surface area contributed by atoms with Crippen molar-refractivity contribution in [3.8, 4) is 0 Å². The molecule has 4 nitrogen and oxygen atoms in total. The number of hydrogen-bond donors (Lipinski definition) is 1. The highest BCUT2D eigenvalue weighted by molar-refractivity contribution is 14.1. The van der Waals surface area contributed by atoms with Gasteiger partial charge in [0.05, 0.1) is 6.20 Å². The molecule has 0 saturated carbocycles. The van der Waals surface area contributed by atoms with Crippen molar-refractivity contribution in [1.29, 1.82) is 0 Å². The second-order valence-corrected chi connectivity index (χ2v) is 4.27. The number of aliphatic hydroxyl groups excluding tert-OH is 1. The van der Waals surface area contributed by atoms with Crippen LogP contribution in [0.2, 0.25) is 0 Å². The van der Waals surface area contributed by atoms with Gasteiger partial charge in [-0.1, -0.05) is 0 Å². The maximum absolute atomic E-state index is 11.4. The molecule has 1 aromatic rings. The molecule has 0 spiro atoms. The summed E-state index contributed by atoms with van der Waals surface area (Å²) in [6.45, 7) is 0.852. The van der Waals surface area contributed by atoms with Crippen molar-refractivity contribution in [1.82, 2.24) is 9.78 Å². The fourth-order valence-electron chi connectivity index (χ4n) is 1.13. The standard InChI is InChI=1S/C9H13IN2O2/c10-8-6-9(14)12(11-7-8)4-2-1-3-5-13/h6-7,13H,1-5H2. The molecule has 5 heteroatoms. The molecule has 1 rings (SSSR count). The summed E-state index contributed by atoms with van der Waals surface area (Å²) >= 11 is 2.06. The number of aryl methyl sites for hydroxylation is 1. The summed E-state index contributed by atoms with van der Waals surface area (Å²) in [7, 11) is 0. The summed E-state index contributed by atoms with van der Waals surface area (Å²) < 4.78 is 2.32. The lowest BCUT2D eigenvalue weighted by atomic mass is 10.2. The highest BCUT2D eigenvalue weighted by Crippen LogP contribution is 1.98. The maximum atomic E-state index is 11.4. The number of aromatic nitrogens is 2. The summed E-state index contributed by atoms with van der Waals surface area (Å²) in [6.07, 6.45) is 4.28. The van der Waals surface area contributed by atoms with Gasteiger partial charge in [-0.2, -0.15) is 5.10 Å². The molecule has 0 unspecified atom stereocenters. The van der Waals surface area contributed by atoms with Crippen LogP contribution in [0.5, 0.6) is 0 Å². The Morgan fingerprint density at radius 3 is 2.86 bits per heavy atom. The summed E-state index contributed by atoms with van der Waals surface area (Å²) in [4.78, 5) is 11.4. The van der Waals surface area contributed by atoms with Crippen LogP contribution < -0.4 is 5.56 Å². The molecule has 78 valence electrons. The molecule has 0 fully saturated rings. The van der Waals surface area contributed by atoms with Crippen LogP contribution in [-0.4, -0.2) is 21.5 Å². The van der Waals surface area contributed by atoms with Gasteiger partial charge in [-0.3, -0.25) is 4.79 Å². The van der Waals surface area contributed by atoms with Gasteiger partial charge in [0.15, 0.2) is 0 Å². The van der Waals surface area contributed by atoms with E-state index >= 15 is 0 Å². The molecule has 0 aliphatic rings. The van der Waals surface area contributed by atoms with E-state index in [1.165, 1.54) is 4.68 Å². The van der Waals surface area contributed by atoms with Gasteiger partial charge >= 0.3 is 0 Å². The second kappa shape index (κ2) is 6.13. The molecule has 0 aromatic carbocycles. The van der Waals surface area contributed by atoms with Crippen molar-refractivity contribution in [3.05, 3.63) is 26.2 Å². The largest absolute Gasteiger partial charge is 0.396 e. The van der Waals surface area contributed by atoms with E-state index in [1.807, 2.05) is 0 Å². The fraction of sp³-hybridized carbons (Fsp3) is 0.556. The van der Waals surface area contributed by atoms with Crippen molar-refractivity contribution in [2.24, 2.45) is 0 Å². The van der Waals surface area contributed by atoms with Crippen LogP contribution in [0, 0.1) is 3.57 Å². The molecule has 0 atom stereocenters. The van der Waals surface area contributed by atoms with E-state index in [-0.39, 0.29) is 12.2 Å². The predicted molar refractivity (Wildman–Crippen MR) is 62.2 cm³/mol. The summed E-state index contributed by atoms with van der Waals surface area (Å²) in [6, 6.07) is 1.57. The van der Waals surface area contributed by atoms with E-state index in [0.29, 0.717) is 6.54 Å². The molecule has 1 N–H and O–H groups in total. The van der Waals surface area contributed by atoms with Crippen molar-refractivity contribution < 1.29 is 5.11 Å². The Morgan fingerprint density at radius 1 is 1.43 bits per heavy atom. The fourth-order valence-corrected chi connectivity index (χ4v) is 1.52. The average molecular weight is 308 g/mol. The normalized spacial score (nSPS) is 10.4. The van der Waals surface area contributed by atoms with Gasteiger partial charge in [-0.25, -0.2) is 4.68 Å². The minimum absolute atomic E-state index is 0.0547. The third-order valence-electron chi connectivity index (χ3n) is 1.86. The van der Waals surface area contributed by atoms with E-state index in [1.54, 1.807) is 12.3 Å². The molecule has 0 saturated heterocycles. The minimum atomic E-state index is -0.0547. The second-order valence-electron chi connectivity index (χ2n) is 3.02. The maximum Gasteiger partial charge on any atom is 0.267 e. The van der Waals surface area contributed by atoms with Crippen molar-refractivity contribution in [2.75, 3.05) is 6.61 Å². The summed E-state index contributed by atoms with van der Waals surface area (Å²) in [5, 5.41) is 12.6. The molecule has 0 amide bonds. The van der Waals surface area contributed by atoms with Crippen molar-refractivity contribution in [2.45, 2.75) is 25.8 Å². The van der Waals surface area contributed by atoms with Crippen LogP contribution in [0.15, 0.2) is 17.1 Å². The van der Waals surface area contributed by atoms with Crippen molar-refractivity contribution >= 4 is 22.6 Å². The third kappa shape index (κ3) is 3.75. The molecule has 0 aliphatic carbocycles. The number of aliphatic hydroxyl groups is 1. The first-order chi connectivity index (χ1) is 6.74. The number of unbranched alkanes of at least 4 members (excludes halogenated alkanes) is 2. The Morgan fingerprint density at radius 2 is 2.21 bits per heavy atom. The quantitative estimate of drug-likeness (QED) is 0.652. The highest BCUT2D eigenvalue weighted by atomic mass is 127. The topological polar surface area (TPSA) is 55.1 Å². The molecule has 14 heavy (non-hydrogen) atoms. The highest BCUT2D eigenvalue weighted by Gasteiger charge is 1.97. The van der Waals surface area contributed by atoms with Gasteiger partial charge in [0.1, 0.15) is 0 Å². The molecule has 0 aliphatic heterocycles. The smallest absolute Gasteiger partial charge is 0.267 e. The van der Waals surface area contributed by atoms with Crippen LogP contribution in [0.1, 0.15) is 19.3 Å². The van der Waals surface area contributed by atoms with Crippen LogP contribution in [-0.2, 0) is 6.54 Å². The number of rotatable bonds is 5. The number of hydrogen-bond acceptors (Lipinski definition) is 3. The lowest BCUT2D eigenvalue weighted by Crippen LogP contribution is -2.22. The van der Waals surface area contributed by atoms with E-state index in [2.05, 4.69) is 27.7 Å². The lowest BCUT2D eigenvalue weighted by molar-refractivity contribution is 0.281. The molecule has 0 radical (unpaired) electrons. The van der Waals surface area contributed by atoms with Gasteiger partial charge in [0.25, 0.3) is 5.56 Å². The van der Waals surface area contributed by atoms with E-state index in [9.17, 15) is 4.79 Å². The summed E-state index contributed by atoms with van der Waals surface area (Å²) in [5.41, 5.74) is -0.0547. The van der Waals surface area contributed by atoms with Crippen molar-refractivity contribution in [3.63, 3.8) is 0 Å². The number of halogens is 1. The molecule has 1 heterocycles. The van der Waals surface area contributed by atoms with E-state index in [4.69, 9.17) is 5.11 Å². The Balaban J connectivity index is 2.47. The van der Waals surface area contributed by atoms with E-state index in [0.717, 1.165) is 22.8 Å². The van der Waals surface area contributed by atoms with Gasteiger partial charge in [-0.15, -0.1) is 0 Å². The van der Waals surface area contributed by atoms with Crippen LogP contribution in [0.25, 0.3) is 0 Å².